The van der Waals surface area contributed by atoms with Crippen molar-refractivity contribution in [2.45, 2.75) is 0 Å². The molecule has 0 unspecified atom stereocenters. The van der Waals surface area contributed by atoms with E-state index in [9.17, 15) is 9.59 Å². The minimum absolute atomic E-state index is 0.0261. The van der Waals surface area contributed by atoms with Gasteiger partial charge < -0.3 is 11.1 Å². The van der Waals surface area contributed by atoms with Crippen LogP contribution in [0.25, 0.3) is 10.8 Å². The topological polar surface area (TPSA) is 72.2 Å². The fraction of sp³-hybridized carbons (Fsp3) is 0.0526. The summed E-state index contributed by atoms with van der Waals surface area (Å²) in [7, 11) is 0. The minimum atomic E-state index is -0.181. The van der Waals surface area contributed by atoms with Crippen molar-refractivity contribution in [2.75, 3.05) is 11.9 Å². The van der Waals surface area contributed by atoms with E-state index < -0.39 is 0 Å². The number of amides is 1. The molecule has 0 aliphatic rings. The Morgan fingerprint density at radius 1 is 0.870 bits per heavy atom. The molecule has 1 amide bonds. The predicted octanol–water partition coefficient (Wildman–Crippen LogP) is 3.23. The summed E-state index contributed by atoms with van der Waals surface area (Å²) in [5.74, 6) is -0.309. The molecule has 0 atom stereocenters. The lowest BCUT2D eigenvalue weighted by Crippen LogP contribution is -2.14. The van der Waals surface area contributed by atoms with E-state index in [2.05, 4.69) is 5.32 Å². The van der Waals surface area contributed by atoms with Crippen LogP contribution in [0.15, 0.2) is 66.7 Å². The Hall–Kier alpha value is -2.98. The standard InChI is InChI=1S/C19H16N2O2/c20-12-18(22)14-8-10-15(11-9-14)21-19(23)17-7-3-5-13-4-1-2-6-16(13)17/h1-11H,12,20H2,(H,21,23). The number of Topliss-reactive ketones (excluding diaryl/α,β-unsaturated/α-hetero) is 1. The smallest absolute Gasteiger partial charge is 0.256 e. The first-order valence-corrected chi connectivity index (χ1v) is 7.31. The molecule has 3 aromatic rings. The van der Waals surface area contributed by atoms with Gasteiger partial charge in [0.25, 0.3) is 5.91 Å². The van der Waals surface area contributed by atoms with Crippen molar-refractivity contribution in [1.29, 1.82) is 0 Å². The number of ketones is 1. The molecule has 3 rings (SSSR count). The number of hydrogen-bond acceptors (Lipinski definition) is 3. The largest absolute Gasteiger partial charge is 0.324 e. The van der Waals surface area contributed by atoms with Crippen LogP contribution in [0.1, 0.15) is 20.7 Å². The summed E-state index contributed by atoms with van der Waals surface area (Å²) >= 11 is 0. The molecule has 0 fully saturated rings. The molecule has 23 heavy (non-hydrogen) atoms. The zero-order chi connectivity index (χ0) is 16.2. The number of nitrogens with one attached hydrogen (secondary N) is 1. The summed E-state index contributed by atoms with van der Waals surface area (Å²) in [5, 5.41) is 4.78. The lowest BCUT2D eigenvalue weighted by molar-refractivity contribution is 0.0999. The molecule has 0 radical (unpaired) electrons. The average Bonchev–Trinajstić information content (AvgIpc) is 2.61. The van der Waals surface area contributed by atoms with Gasteiger partial charge in [-0.25, -0.2) is 0 Å². The Balaban J connectivity index is 1.85. The summed E-state index contributed by atoms with van der Waals surface area (Å²) in [6, 6.07) is 20.1. The fourth-order valence-corrected chi connectivity index (χ4v) is 2.48. The van der Waals surface area contributed by atoms with Gasteiger partial charge >= 0.3 is 0 Å². The highest BCUT2D eigenvalue weighted by atomic mass is 16.1. The van der Waals surface area contributed by atoms with E-state index in [4.69, 9.17) is 5.73 Å². The van der Waals surface area contributed by atoms with E-state index >= 15 is 0 Å². The predicted molar refractivity (Wildman–Crippen MR) is 91.7 cm³/mol. The maximum absolute atomic E-state index is 12.5. The van der Waals surface area contributed by atoms with Crippen molar-refractivity contribution in [3.8, 4) is 0 Å². The number of nitrogens with two attached hydrogens (primary N) is 1. The van der Waals surface area contributed by atoms with E-state index in [1.165, 1.54) is 0 Å². The summed E-state index contributed by atoms with van der Waals surface area (Å²) in [6.45, 7) is -0.0261. The van der Waals surface area contributed by atoms with Crippen LogP contribution in [0.4, 0.5) is 5.69 Å². The lowest BCUT2D eigenvalue weighted by atomic mass is 10.0. The van der Waals surface area contributed by atoms with E-state index in [0.717, 1.165) is 10.8 Å². The lowest BCUT2D eigenvalue weighted by Gasteiger charge is -2.08. The van der Waals surface area contributed by atoms with Gasteiger partial charge in [-0.3, -0.25) is 9.59 Å². The number of carbonyl (C=O) groups excluding carboxylic acids is 2. The van der Waals surface area contributed by atoms with E-state index in [1.807, 2.05) is 36.4 Å². The summed E-state index contributed by atoms with van der Waals surface area (Å²) < 4.78 is 0. The number of anilines is 1. The Bertz CT molecular complexity index is 865. The molecule has 4 nitrogen and oxygen atoms in total. The molecule has 3 N–H and O–H groups in total. The van der Waals surface area contributed by atoms with Gasteiger partial charge in [0.1, 0.15) is 0 Å². The molecule has 0 saturated carbocycles. The van der Waals surface area contributed by atoms with E-state index in [0.29, 0.717) is 16.8 Å². The van der Waals surface area contributed by atoms with Crippen molar-refractivity contribution in [3.63, 3.8) is 0 Å². The maximum atomic E-state index is 12.5. The van der Waals surface area contributed by atoms with Gasteiger partial charge in [0, 0.05) is 16.8 Å². The van der Waals surface area contributed by atoms with Crippen molar-refractivity contribution >= 4 is 28.2 Å². The molecule has 0 bridgehead atoms. The van der Waals surface area contributed by atoms with Crippen LogP contribution in [-0.2, 0) is 0 Å². The van der Waals surface area contributed by atoms with E-state index in [-0.39, 0.29) is 18.2 Å². The second-order valence-corrected chi connectivity index (χ2v) is 5.19. The van der Waals surface area contributed by atoms with Crippen molar-refractivity contribution < 1.29 is 9.59 Å². The van der Waals surface area contributed by atoms with Gasteiger partial charge in [0.15, 0.2) is 5.78 Å². The first-order valence-electron chi connectivity index (χ1n) is 7.31. The van der Waals surface area contributed by atoms with Crippen LogP contribution in [0.2, 0.25) is 0 Å². The van der Waals surface area contributed by atoms with Gasteiger partial charge in [-0.2, -0.15) is 0 Å². The summed E-state index contributed by atoms with van der Waals surface area (Å²) in [4.78, 5) is 24.0. The van der Waals surface area contributed by atoms with E-state index in [1.54, 1.807) is 30.3 Å². The average molecular weight is 304 g/mol. The van der Waals surface area contributed by atoms with Gasteiger partial charge in [-0.15, -0.1) is 0 Å². The highest BCUT2D eigenvalue weighted by Crippen LogP contribution is 2.20. The first kappa shape index (κ1) is 14.9. The van der Waals surface area contributed by atoms with Gasteiger partial charge in [-0.05, 0) is 41.1 Å². The molecule has 0 aromatic heterocycles. The Kier molecular flexibility index (Phi) is 4.17. The van der Waals surface area contributed by atoms with Gasteiger partial charge in [0.05, 0.1) is 6.54 Å². The number of fused-ring (bicyclic) bond motifs is 1. The quantitative estimate of drug-likeness (QED) is 0.727. The molecular formula is C19H16N2O2. The Morgan fingerprint density at radius 3 is 2.30 bits per heavy atom. The fourth-order valence-electron chi connectivity index (χ4n) is 2.48. The minimum Gasteiger partial charge on any atom is -0.324 e. The molecule has 0 aliphatic heterocycles. The number of benzene rings is 3. The zero-order valence-corrected chi connectivity index (χ0v) is 12.5. The number of hydrogen-bond donors (Lipinski definition) is 2. The molecule has 0 heterocycles. The van der Waals surface area contributed by atoms with Crippen LogP contribution in [0, 0.1) is 0 Å². The van der Waals surface area contributed by atoms with Gasteiger partial charge in [0.2, 0.25) is 0 Å². The molecular weight excluding hydrogens is 288 g/mol. The molecule has 0 spiro atoms. The monoisotopic (exact) mass is 304 g/mol. The van der Waals surface area contributed by atoms with Crippen LogP contribution < -0.4 is 11.1 Å². The molecule has 114 valence electrons. The SMILES string of the molecule is NCC(=O)c1ccc(NC(=O)c2cccc3ccccc23)cc1. The Morgan fingerprint density at radius 2 is 1.57 bits per heavy atom. The van der Waals surface area contributed by atoms with Crippen molar-refractivity contribution in [1.82, 2.24) is 0 Å². The molecule has 4 heteroatoms. The van der Waals surface area contributed by atoms with Crippen molar-refractivity contribution in [3.05, 3.63) is 77.9 Å². The second-order valence-electron chi connectivity index (χ2n) is 5.19. The van der Waals surface area contributed by atoms with Crippen LogP contribution >= 0.6 is 0 Å². The second kappa shape index (κ2) is 6.42. The molecule has 0 aliphatic carbocycles. The van der Waals surface area contributed by atoms with Crippen LogP contribution in [-0.4, -0.2) is 18.2 Å². The Labute approximate surface area is 133 Å². The highest BCUT2D eigenvalue weighted by Gasteiger charge is 2.10. The van der Waals surface area contributed by atoms with Crippen LogP contribution in [0.5, 0.6) is 0 Å². The molecule has 0 saturated heterocycles. The van der Waals surface area contributed by atoms with Gasteiger partial charge in [-0.1, -0.05) is 36.4 Å². The normalized spacial score (nSPS) is 10.5. The molecule has 3 aromatic carbocycles. The first-order chi connectivity index (χ1) is 11.2. The van der Waals surface area contributed by atoms with Crippen LogP contribution in [0.3, 0.4) is 0 Å². The summed E-state index contributed by atoms with van der Waals surface area (Å²) in [6.07, 6.45) is 0. The third kappa shape index (κ3) is 3.12. The number of rotatable bonds is 4. The third-order valence-electron chi connectivity index (χ3n) is 3.68. The highest BCUT2D eigenvalue weighted by molar-refractivity contribution is 6.13. The van der Waals surface area contributed by atoms with Crippen molar-refractivity contribution in [2.24, 2.45) is 5.73 Å². The zero-order valence-electron chi connectivity index (χ0n) is 12.5. The number of carbonyl (C=O) groups is 2. The third-order valence-corrected chi connectivity index (χ3v) is 3.68. The maximum Gasteiger partial charge on any atom is 0.256 e. The summed E-state index contributed by atoms with van der Waals surface area (Å²) in [5.41, 5.74) is 7.12.